The number of aliphatic hydroxyl groups excluding tert-OH is 1. The fraction of sp³-hybridized carbons (Fsp3) is 0.200. The van der Waals surface area contributed by atoms with Crippen LogP contribution in [0, 0.1) is 6.92 Å². The van der Waals surface area contributed by atoms with E-state index in [-0.39, 0.29) is 0 Å². The van der Waals surface area contributed by atoms with Gasteiger partial charge in [-0.05, 0) is 42.3 Å². The first-order valence-electron chi connectivity index (χ1n) is 5.80. The molecule has 0 aliphatic rings. The summed E-state index contributed by atoms with van der Waals surface area (Å²) in [4.78, 5) is 0. The smallest absolute Gasteiger partial charge is 0.125 e. The lowest BCUT2D eigenvalue weighted by molar-refractivity contribution is 0.214. The lowest BCUT2D eigenvalue weighted by Crippen LogP contribution is -2.03. The van der Waals surface area contributed by atoms with E-state index in [1.807, 2.05) is 43.3 Å². The van der Waals surface area contributed by atoms with Crippen LogP contribution in [0.2, 0.25) is 0 Å². The second kappa shape index (κ2) is 6.07. The highest BCUT2D eigenvalue weighted by Crippen LogP contribution is 2.34. The zero-order valence-electron chi connectivity index (χ0n) is 10.7. The van der Waals surface area contributed by atoms with Gasteiger partial charge >= 0.3 is 0 Å². The van der Waals surface area contributed by atoms with Crippen LogP contribution in [0.3, 0.4) is 0 Å². The Hall–Kier alpha value is -0.840. The molecule has 2 rings (SSSR count). The minimum atomic E-state index is -0.718. The summed E-state index contributed by atoms with van der Waals surface area (Å²) in [6.45, 7) is 1.99. The van der Waals surface area contributed by atoms with Crippen molar-refractivity contribution in [3.05, 3.63) is 62.0 Å². The highest BCUT2D eigenvalue weighted by atomic mass is 79.9. The van der Waals surface area contributed by atoms with E-state index in [1.165, 1.54) is 0 Å². The maximum absolute atomic E-state index is 10.5. The summed E-state index contributed by atoms with van der Waals surface area (Å²) >= 11 is 6.90. The van der Waals surface area contributed by atoms with Crippen molar-refractivity contribution in [1.29, 1.82) is 0 Å². The summed E-state index contributed by atoms with van der Waals surface area (Å²) in [5.74, 6) is 0.688. The van der Waals surface area contributed by atoms with Crippen LogP contribution in [-0.4, -0.2) is 12.2 Å². The van der Waals surface area contributed by atoms with Gasteiger partial charge in [0.15, 0.2) is 0 Å². The molecule has 2 aromatic rings. The van der Waals surface area contributed by atoms with Gasteiger partial charge in [-0.15, -0.1) is 0 Å². The van der Waals surface area contributed by atoms with Crippen molar-refractivity contribution < 1.29 is 9.84 Å². The van der Waals surface area contributed by atoms with E-state index in [0.717, 1.165) is 25.6 Å². The number of rotatable bonds is 3. The van der Waals surface area contributed by atoms with Gasteiger partial charge in [0.05, 0.1) is 7.11 Å². The van der Waals surface area contributed by atoms with Gasteiger partial charge < -0.3 is 9.84 Å². The molecular weight excluding hydrogens is 372 g/mol. The Labute approximate surface area is 129 Å². The molecular formula is C15H14Br2O2. The van der Waals surface area contributed by atoms with Crippen molar-refractivity contribution in [2.24, 2.45) is 0 Å². The molecule has 0 bridgehead atoms. The standard InChI is InChI=1S/C15H14Br2O2/c1-9-6-14(19-2)12(8-13(9)17)15(18)10-4-3-5-11(16)7-10/h3-8,15,18H,1-2H3. The summed E-state index contributed by atoms with van der Waals surface area (Å²) in [7, 11) is 1.61. The maximum atomic E-state index is 10.5. The van der Waals surface area contributed by atoms with E-state index in [0.29, 0.717) is 5.75 Å². The number of methoxy groups -OCH3 is 1. The lowest BCUT2D eigenvalue weighted by Gasteiger charge is -2.17. The van der Waals surface area contributed by atoms with Crippen LogP contribution in [0.5, 0.6) is 5.75 Å². The number of aliphatic hydroxyl groups is 1. The third kappa shape index (κ3) is 3.19. The Bertz CT molecular complexity index is 597. The zero-order valence-corrected chi connectivity index (χ0v) is 13.8. The first-order valence-corrected chi connectivity index (χ1v) is 7.39. The van der Waals surface area contributed by atoms with Gasteiger partial charge in [-0.1, -0.05) is 44.0 Å². The first kappa shape index (κ1) is 14.6. The van der Waals surface area contributed by atoms with Crippen LogP contribution < -0.4 is 4.74 Å². The van der Waals surface area contributed by atoms with Crippen LogP contribution in [0.15, 0.2) is 45.3 Å². The summed E-state index contributed by atoms with van der Waals surface area (Å²) in [5.41, 5.74) is 2.64. The number of aryl methyl sites for hydroxylation is 1. The van der Waals surface area contributed by atoms with E-state index in [9.17, 15) is 5.11 Å². The van der Waals surface area contributed by atoms with Crippen molar-refractivity contribution in [2.45, 2.75) is 13.0 Å². The van der Waals surface area contributed by atoms with Gasteiger partial charge in [-0.25, -0.2) is 0 Å². The van der Waals surface area contributed by atoms with Crippen LogP contribution in [0.4, 0.5) is 0 Å². The lowest BCUT2D eigenvalue weighted by atomic mass is 9.99. The molecule has 0 amide bonds. The second-order valence-corrected chi connectivity index (χ2v) is 6.07. The van der Waals surface area contributed by atoms with E-state index in [2.05, 4.69) is 31.9 Å². The fourth-order valence-electron chi connectivity index (χ4n) is 1.92. The molecule has 1 N–H and O–H groups in total. The number of benzene rings is 2. The number of ether oxygens (including phenoxy) is 1. The van der Waals surface area contributed by atoms with Crippen molar-refractivity contribution in [2.75, 3.05) is 7.11 Å². The van der Waals surface area contributed by atoms with Gasteiger partial charge in [0.1, 0.15) is 11.9 Å². The molecule has 0 fully saturated rings. The molecule has 0 heterocycles. The molecule has 0 spiro atoms. The molecule has 4 heteroatoms. The van der Waals surface area contributed by atoms with Gasteiger partial charge in [-0.2, -0.15) is 0 Å². The Balaban J connectivity index is 2.49. The third-order valence-electron chi connectivity index (χ3n) is 2.97. The van der Waals surface area contributed by atoms with E-state index in [4.69, 9.17) is 4.74 Å². The van der Waals surface area contributed by atoms with Crippen molar-refractivity contribution in [3.63, 3.8) is 0 Å². The van der Waals surface area contributed by atoms with E-state index < -0.39 is 6.10 Å². The summed E-state index contributed by atoms with van der Waals surface area (Å²) in [6, 6.07) is 11.4. The normalized spacial score (nSPS) is 12.3. The monoisotopic (exact) mass is 384 g/mol. The van der Waals surface area contributed by atoms with Crippen LogP contribution >= 0.6 is 31.9 Å². The number of hydrogen-bond acceptors (Lipinski definition) is 2. The molecule has 0 radical (unpaired) electrons. The average molecular weight is 386 g/mol. The molecule has 0 saturated carbocycles. The molecule has 0 aliphatic heterocycles. The SMILES string of the molecule is COc1cc(C)c(Br)cc1C(O)c1cccc(Br)c1. The van der Waals surface area contributed by atoms with E-state index in [1.54, 1.807) is 7.11 Å². The van der Waals surface area contributed by atoms with Crippen molar-refractivity contribution >= 4 is 31.9 Å². The maximum Gasteiger partial charge on any atom is 0.125 e. The van der Waals surface area contributed by atoms with Crippen LogP contribution in [-0.2, 0) is 0 Å². The van der Waals surface area contributed by atoms with Crippen LogP contribution in [0.25, 0.3) is 0 Å². The minimum absolute atomic E-state index is 0.688. The molecule has 19 heavy (non-hydrogen) atoms. The van der Waals surface area contributed by atoms with Gasteiger partial charge in [0.25, 0.3) is 0 Å². The Morgan fingerprint density at radius 2 is 1.89 bits per heavy atom. The molecule has 2 aromatic carbocycles. The number of hydrogen-bond donors (Lipinski definition) is 1. The molecule has 100 valence electrons. The predicted molar refractivity (Wildman–Crippen MR) is 83.6 cm³/mol. The third-order valence-corrected chi connectivity index (χ3v) is 4.32. The van der Waals surface area contributed by atoms with Crippen LogP contribution in [0.1, 0.15) is 22.8 Å². The summed E-state index contributed by atoms with van der Waals surface area (Å²) < 4.78 is 7.26. The average Bonchev–Trinajstić information content (AvgIpc) is 2.40. The largest absolute Gasteiger partial charge is 0.496 e. The molecule has 0 aromatic heterocycles. The first-order chi connectivity index (χ1) is 9.02. The van der Waals surface area contributed by atoms with E-state index >= 15 is 0 Å². The topological polar surface area (TPSA) is 29.5 Å². The molecule has 0 aliphatic carbocycles. The molecule has 0 saturated heterocycles. The molecule has 1 atom stereocenters. The minimum Gasteiger partial charge on any atom is -0.496 e. The molecule has 2 nitrogen and oxygen atoms in total. The van der Waals surface area contributed by atoms with Gasteiger partial charge in [0.2, 0.25) is 0 Å². The Morgan fingerprint density at radius 1 is 1.16 bits per heavy atom. The fourth-order valence-corrected chi connectivity index (χ4v) is 2.70. The Kier molecular flexibility index (Phi) is 4.66. The van der Waals surface area contributed by atoms with Gasteiger partial charge in [0, 0.05) is 14.5 Å². The Morgan fingerprint density at radius 3 is 2.53 bits per heavy atom. The quantitative estimate of drug-likeness (QED) is 0.835. The number of halogens is 2. The highest BCUT2D eigenvalue weighted by Gasteiger charge is 2.17. The zero-order chi connectivity index (χ0) is 14.0. The highest BCUT2D eigenvalue weighted by molar-refractivity contribution is 9.10. The second-order valence-electron chi connectivity index (χ2n) is 4.30. The summed E-state index contributed by atoms with van der Waals surface area (Å²) in [5, 5.41) is 10.5. The molecule has 1 unspecified atom stereocenters. The van der Waals surface area contributed by atoms with Gasteiger partial charge in [-0.3, -0.25) is 0 Å². The van der Waals surface area contributed by atoms with Crippen molar-refractivity contribution in [3.8, 4) is 5.75 Å². The predicted octanol–water partition coefficient (Wildman–Crippen LogP) is 4.61. The van der Waals surface area contributed by atoms with Crippen molar-refractivity contribution in [1.82, 2.24) is 0 Å². The summed E-state index contributed by atoms with van der Waals surface area (Å²) in [6.07, 6.45) is -0.718.